The predicted octanol–water partition coefficient (Wildman–Crippen LogP) is 3.23. The van der Waals surface area contributed by atoms with Crippen molar-refractivity contribution in [3.63, 3.8) is 0 Å². The van der Waals surface area contributed by atoms with Gasteiger partial charge in [-0.2, -0.15) is 0 Å². The summed E-state index contributed by atoms with van der Waals surface area (Å²) in [6, 6.07) is 8.99. The SMILES string of the molecule is CC1NCCCC1NC(=O)C1CC1c1cccc(Br)c1.Cl. The number of benzene rings is 1. The number of hydrogen-bond donors (Lipinski definition) is 2. The minimum atomic E-state index is 0. The highest BCUT2D eigenvalue weighted by atomic mass is 79.9. The van der Waals surface area contributed by atoms with Crippen LogP contribution in [-0.4, -0.2) is 24.5 Å². The van der Waals surface area contributed by atoms with Crippen LogP contribution in [0.4, 0.5) is 0 Å². The van der Waals surface area contributed by atoms with Crippen LogP contribution in [0.15, 0.2) is 28.7 Å². The van der Waals surface area contributed by atoms with Crippen molar-refractivity contribution in [3.8, 4) is 0 Å². The minimum absolute atomic E-state index is 0. The van der Waals surface area contributed by atoms with Gasteiger partial charge in [0.1, 0.15) is 0 Å². The van der Waals surface area contributed by atoms with Crippen molar-refractivity contribution in [2.45, 2.75) is 44.2 Å². The molecule has 5 heteroatoms. The lowest BCUT2D eigenvalue weighted by molar-refractivity contribution is -0.123. The molecule has 0 radical (unpaired) electrons. The van der Waals surface area contributed by atoms with Gasteiger partial charge >= 0.3 is 0 Å². The van der Waals surface area contributed by atoms with E-state index in [9.17, 15) is 4.79 Å². The maximum absolute atomic E-state index is 12.3. The summed E-state index contributed by atoms with van der Waals surface area (Å²) in [6.07, 6.45) is 3.22. The first-order valence-electron chi connectivity index (χ1n) is 7.44. The van der Waals surface area contributed by atoms with Crippen molar-refractivity contribution < 1.29 is 4.79 Å². The molecule has 1 saturated carbocycles. The zero-order valence-electron chi connectivity index (χ0n) is 12.1. The van der Waals surface area contributed by atoms with Crippen molar-refractivity contribution in [2.24, 2.45) is 5.92 Å². The van der Waals surface area contributed by atoms with Gasteiger partial charge in [-0.05, 0) is 56.3 Å². The van der Waals surface area contributed by atoms with Gasteiger partial charge < -0.3 is 10.6 Å². The Morgan fingerprint density at radius 3 is 2.95 bits per heavy atom. The Labute approximate surface area is 140 Å². The molecule has 2 N–H and O–H groups in total. The molecule has 116 valence electrons. The first kappa shape index (κ1) is 16.8. The van der Waals surface area contributed by atoms with E-state index in [2.05, 4.69) is 45.6 Å². The van der Waals surface area contributed by atoms with E-state index >= 15 is 0 Å². The fourth-order valence-electron chi connectivity index (χ4n) is 3.12. The second-order valence-corrected chi connectivity index (χ2v) is 6.92. The van der Waals surface area contributed by atoms with Gasteiger partial charge in [-0.25, -0.2) is 0 Å². The van der Waals surface area contributed by atoms with Crippen molar-refractivity contribution in [3.05, 3.63) is 34.3 Å². The van der Waals surface area contributed by atoms with E-state index in [1.807, 2.05) is 12.1 Å². The molecule has 2 fully saturated rings. The van der Waals surface area contributed by atoms with Crippen LogP contribution in [-0.2, 0) is 4.79 Å². The Morgan fingerprint density at radius 2 is 2.24 bits per heavy atom. The van der Waals surface area contributed by atoms with Crippen molar-refractivity contribution in [1.29, 1.82) is 0 Å². The molecule has 1 aliphatic heterocycles. The second kappa shape index (κ2) is 7.12. The lowest BCUT2D eigenvalue weighted by Gasteiger charge is -2.30. The quantitative estimate of drug-likeness (QED) is 0.854. The molecule has 4 unspecified atom stereocenters. The van der Waals surface area contributed by atoms with E-state index in [-0.39, 0.29) is 24.2 Å². The average Bonchev–Trinajstić information content (AvgIpc) is 3.22. The molecule has 1 heterocycles. The third-order valence-electron chi connectivity index (χ3n) is 4.49. The Bertz CT molecular complexity index is 511. The Hall–Kier alpha value is -0.580. The number of piperidine rings is 1. The van der Waals surface area contributed by atoms with Crippen LogP contribution in [0.1, 0.15) is 37.7 Å². The molecule has 3 nitrogen and oxygen atoms in total. The highest BCUT2D eigenvalue weighted by Crippen LogP contribution is 2.48. The number of carbonyl (C=O) groups is 1. The van der Waals surface area contributed by atoms with Gasteiger partial charge in [-0.1, -0.05) is 28.1 Å². The van der Waals surface area contributed by atoms with Crippen molar-refractivity contribution in [2.75, 3.05) is 6.54 Å². The third-order valence-corrected chi connectivity index (χ3v) is 4.99. The summed E-state index contributed by atoms with van der Waals surface area (Å²) in [7, 11) is 0. The smallest absolute Gasteiger partial charge is 0.224 e. The fourth-order valence-corrected chi connectivity index (χ4v) is 3.54. The van der Waals surface area contributed by atoms with Crippen LogP contribution in [0, 0.1) is 5.92 Å². The molecule has 0 aromatic heterocycles. The van der Waals surface area contributed by atoms with Gasteiger partial charge in [0, 0.05) is 22.5 Å². The zero-order chi connectivity index (χ0) is 14.1. The molecule has 0 bridgehead atoms. The van der Waals surface area contributed by atoms with Gasteiger partial charge in [-0.15, -0.1) is 12.4 Å². The summed E-state index contributed by atoms with van der Waals surface area (Å²) >= 11 is 3.49. The highest BCUT2D eigenvalue weighted by molar-refractivity contribution is 9.10. The predicted molar refractivity (Wildman–Crippen MR) is 90.9 cm³/mol. The van der Waals surface area contributed by atoms with Crippen LogP contribution in [0.25, 0.3) is 0 Å². The third kappa shape index (κ3) is 3.99. The summed E-state index contributed by atoms with van der Waals surface area (Å²) in [5.74, 6) is 0.799. The van der Waals surface area contributed by atoms with Crippen LogP contribution in [0.2, 0.25) is 0 Å². The average molecular weight is 374 g/mol. The van der Waals surface area contributed by atoms with E-state index in [0.29, 0.717) is 18.0 Å². The van der Waals surface area contributed by atoms with E-state index < -0.39 is 0 Å². The molecule has 1 saturated heterocycles. The molecule has 4 atom stereocenters. The molecule has 1 amide bonds. The molecule has 3 rings (SSSR count). The van der Waals surface area contributed by atoms with Gasteiger partial charge in [0.25, 0.3) is 0 Å². The Balaban J connectivity index is 0.00000161. The first-order chi connectivity index (χ1) is 9.65. The minimum Gasteiger partial charge on any atom is -0.352 e. The Morgan fingerprint density at radius 1 is 1.43 bits per heavy atom. The summed E-state index contributed by atoms with van der Waals surface area (Å²) in [4.78, 5) is 12.3. The monoisotopic (exact) mass is 372 g/mol. The number of amides is 1. The molecule has 21 heavy (non-hydrogen) atoms. The van der Waals surface area contributed by atoms with Crippen molar-refractivity contribution >= 4 is 34.2 Å². The molecule has 2 aliphatic rings. The Kier molecular flexibility index (Phi) is 5.69. The molecule has 1 aromatic carbocycles. The van der Waals surface area contributed by atoms with Gasteiger partial charge in [0.05, 0.1) is 0 Å². The first-order valence-corrected chi connectivity index (χ1v) is 8.23. The van der Waals surface area contributed by atoms with Crippen LogP contribution in [0.5, 0.6) is 0 Å². The normalized spacial score (nSPS) is 31.1. The number of halogens is 2. The lowest BCUT2D eigenvalue weighted by atomic mass is 9.99. The number of rotatable bonds is 3. The summed E-state index contributed by atoms with van der Waals surface area (Å²) in [5.41, 5.74) is 1.27. The van der Waals surface area contributed by atoms with E-state index in [0.717, 1.165) is 30.3 Å². The van der Waals surface area contributed by atoms with E-state index in [1.165, 1.54) is 5.56 Å². The largest absolute Gasteiger partial charge is 0.352 e. The highest BCUT2D eigenvalue weighted by Gasteiger charge is 2.44. The molecular formula is C16H22BrClN2O. The van der Waals surface area contributed by atoms with Crippen molar-refractivity contribution in [1.82, 2.24) is 10.6 Å². The van der Waals surface area contributed by atoms with Crippen LogP contribution >= 0.6 is 28.3 Å². The van der Waals surface area contributed by atoms with Crippen LogP contribution < -0.4 is 10.6 Å². The molecule has 1 aliphatic carbocycles. The molecule has 1 aromatic rings. The fraction of sp³-hybridized carbons (Fsp3) is 0.562. The van der Waals surface area contributed by atoms with Gasteiger partial charge in [0.2, 0.25) is 5.91 Å². The maximum atomic E-state index is 12.3. The molecular weight excluding hydrogens is 352 g/mol. The maximum Gasteiger partial charge on any atom is 0.224 e. The second-order valence-electron chi connectivity index (χ2n) is 6.00. The number of hydrogen-bond acceptors (Lipinski definition) is 2. The van der Waals surface area contributed by atoms with E-state index in [1.54, 1.807) is 0 Å². The lowest BCUT2D eigenvalue weighted by Crippen LogP contribution is -2.52. The summed E-state index contributed by atoms with van der Waals surface area (Å²) < 4.78 is 1.09. The number of carbonyl (C=O) groups excluding carboxylic acids is 1. The summed E-state index contributed by atoms with van der Waals surface area (Å²) in [6.45, 7) is 3.22. The number of nitrogens with one attached hydrogen (secondary N) is 2. The van der Waals surface area contributed by atoms with Gasteiger partial charge in [0.15, 0.2) is 0 Å². The van der Waals surface area contributed by atoms with Gasteiger partial charge in [-0.3, -0.25) is 4.79 Å². The van der Waals surface area contributed by atoms with E-state index in [4.69, 9.17) is 0 Å². The topological polar surface area (TPSA) is 41.1 Å². The zero-order valence-corrected chi connectivity index (χ0v) is 14.5. The summed E-state index contributed by atoms with van der Waals surface area (Å²) in [5, 5.41) is 6.66. The van der Waals surface area contributed by atoms with Crippen LogP contribution in [0.3, 0.4) is 0 Å². The standard InChI is InChI=1S/C16H21BrN2O.ClH/c1-10-15(6-3-7-18-10)19-16(20)14-9-13(14)11-4-2-5-12(17)8-11;/h2,4-5,8,10,13-15,18H,3,6-7,9H2,1H3,(H,19,20);1H. The molecule has 0 spiro atoms.